The summed E-state index contributed by atoms with van der Waals surface area (Å²) in [5.41, 5.74) is 2.40. The topological polar surface area (TPSA) is 24.5 Å². The Morgan fingerprint density at radius 2 is 1.90 bits per heavy atom. The fraction of sp³-hybridized carbons (Fsp3) is 0.294. The molecule has 0 aliphatic rings. The summed E-state index contributed by atoms with van der Waals surface area (Å²) in [6.07, 6.45) is 0. The molecule has 0 spiro atoms. The van der Waals surface area contributed by atoms with E-state index in [1.807, 2.05) is 18.2 Å². The summed E-state index contributed by atoms with van der Waals surface area (Å²) in [7, 11) is 3.81. The summed E-state index contributed by atoms with van der Waals surface area (Å²) in [6.45, 7) is 2.67. The van der Waals surface area contributed by atoms with Crippen LogP contribution in [0, 0.1) is 0 Å². The van der Waals surface area contributed by atoms with Crippen molar-refractivity contribution in [1.29, 1.82) is 0 Å². The van der Waals surface area contributed by atoms with Gasteiger partial charge < -0.3 is 15.0 Å². The Hall–Kier alpha value is -1.52. The number of methoxy groups -OCH3 is 1. The number of hydrogen-bond donors (Lipinski definition) is 1. The van der Waals surface area contributed by atoms with Gasteiger partial charge in [-0.05, 0) is 30.3 Å². The van der Waals surface area contributed by atoms with Gasteiger partial charge in [0.05, 0.1) is 7.11 Å². The average Bonchev–Trinajstić information content (AvgIpc) is 2.52. The zero-order valence-corrected chi connectivity index (χ0v) is 14.1. The van der Waals surface area contributed by atoms with Crippen molar-refractivity contribution in [3.63, 3.8) is 0 Å². The molecule has 0 amide bonds. The fourth-order valence-electron chi connectivity index (χ4n) is 2.17. The van der Waals surface area contributed by atoms with E-state index in [9.17, 15) is 0 Å². The normalized spacial score (nSPS) is 10.4. The number of hydrogen-bond acceptors (Lipinski definition) is 3. The molecule has 0 aliphatic carbocycles. The fourth-order valence-corrected chi connectivity index (χ4v) is 2.58. The minimum Gasteiger partial charge on any atom is -0.496 e. The number of nitrogens with one attached hydrogen (secondary N) is 1. The first-order valence-corrected chi connectivity index (χ1v) is 7.79. The van der Waals surface area contributed by atoms with Gasteiger partial charge in [-0.25, -0.2) is 0 Å². The first kappa shape index (κ1) is 15.9. The second kappa shape index (κ2) is 8.05. The maximum absolute atomic E-state index is 5.38. The summed E-state index contributed by atoms with van der Waals surface area (Å²) >= 11 is 3.50. The van der Waals surface area contributed by atoms with E-state index in [0.717, 1.165) is 35.4 Å². The van der Waals surface area contributed by atoms with E-state index in [1.54, 1.807) is 7.11 Å². The van der Waals surface area contributed by atoms with Crippen LogP contribution < -0.4 is 15.0 Å². The first-order valence-electron chi connectivity index (χ1n) is 7.00. The van der Waals surface area contributed by atoms with E-state index in [1.165, 1.54) is 5.69 Å². The monoisotopic (exact) mass is 348 g/mol. The summed E-state index contributed by atoms with van der Waals surface area (Å²) in [4.78, 5) is 2.24. The SMILES string of the molecule is COc1ccc(Br)cc1CNCCN(C)c1ccccc1. The van der Waals surface area contributed by atoms with Crippen molar-refractivity contribution < 1.29 is 4.74 Å². The molecule has 0 heterocycles. The van der Waals surface area contributed by atoms with Crippen LogP contribution in [0.2, 0.25) is 0 Å². The number of halogens is 1. The molecule has 0 bridgehead atoms. The lowest BCUT2D eigenvalue weighted by molar-refractivity contribution is 0.407. The van der Waals surface area contributed by atoms with E-state index in [-0.39, 0.29) is 0 Å². The van der Waals surface area contributed by atoms with Gasteiger partial charge >= 0.3 is 0 Å². The van der Waals surface area contributed by atoms with Crippen LogP contribution in [0.5, 0.6) is 5.75 Å². The number of para-hydroxylation sites is 1. The van der Waals surface area contributed by atoms with Crippen LogP contribution in [-0.2, 0) is 6.54 Å². The molecule has 0 aliphatic heterocycles. The Bertz CT molecular complexity index is 560. The van der Waals surface area contributed by atoms with Crippen LogP contribution in [0.25, 0.3) is 0 Å². The van der Waals surface area contributed by atoms with Gasteiger partial charge in [0, 0.05) is 42.4 Å². The minimum atomic E-state index is 0.797. The van der Waals surface area contributed by atoms with E-state index in [2.05, 4.69) is 63.5 Å². The van der Waals surface area contributed by atoms with Gasteiger partial charge in [0.2, 0.25) is 0 Å². The summed E-state index contributed by atoms with van der Waals surface area (Å²) in [5, 5.41) is 3.46. The highest BCUT2D eigenvalue weighted by atomic mass is 79.9. The molecular formula is C17H21BrN2O. The maximum atomic E-state index is 5.38. The zero-order valence-electron chi connectivity index (χ0n) is 12.5. The Morgan fingerprint density at radius 1 is 1.14 bits per heavy atom. The minimum absolute atomic E-state index is 0.797. The number of rotatable bonds is 7. The van der Waals surface area contributed by atoms with Gasteiger partial charge in [-0.3, -0.25) is 0 Å². The molecule has 0 aromatic heterocycles. The molecule has 0 saturated heterocycles. The van der Waals surface area contributed by atoms with E-state index in [0.29, 0.717) is 0 Å². The van der Waals surface area contributed by atoms with Crippen molar-refractivity contribution >= 4 is 21.6 Å². The second-order valence-corrected chi connectivity index (χ2v) is 5.81. The van der Waals surface area contributed by atoms with Crippen molar-refractivity contribution in [3.05, 3.63) is 58.6 Å². The third-order valence-electron chi connectivity index (χ3n) is 3.38. The third-order valence-corrected chi connectivity index (χ3v) is 3.87. The lowest BCUT2D eigenvalue weighted by Crippen LogP contribution is -2.28. The smallest absolute Gasteiger partial charge is 0.123 e. The molecule has 2 aromatic carbocycles. The highest BCUT2D eigenvalue weighted by molar-refractivity contribution is 9.10. The number of ether oxygens (including phenoxy) is 1. The molecule has 4 heteroatoms. The van der Waals surface area contributed by atoms with Crippen LogP contribution in [-0.4, -0.2) is 27.2 Å². The third kappa shape index (κ3) is 4.76. The highest BCUT2D eigenvalue weighted by Crippen LogP contribution is 2.22. The van der Waals surface area contributed by atoms with Crippen molar-refractivity contribution in [1.82, 2.24) is 5.32 Å². The average molecular weight is 349 g/mol. The van der Waals surface area contributed by atoms with Gasteiger partial charge in [0.25, 0.3) is 0 Å². The Kier molecular flexibility index (Phi) is 6.08. The first-order chi connectivity index (χ1) is 10.2. The lowest BCUT2D eigenvalue weighted by atomic mass is 10.2. The molecule has 21 heavy (non-hydrogen) atoms. The van der Waals surface area contributed by atoms with E-state index in [4.69, 9.17) is 4.74 Å². The molecule has 112 valence electrons. The molecule has 2 aromatic rings. The predicted molar refractivity (Wildman–Crippen MR) is 92.1 cm³/mol. The van der Waals surface area contributed by atoms with E-state index < -0.39 is 0 Å². The van der Waals surface area contributed by atoms with Crippen molar-refractivity contribution in [2.45, 2.75) is 6.54 Å². The van der Waals surface area contributed by atoms with Crippen LogP contribution in [0.3, 0.4) is 0 Å². The number of nitrogens with zero attached hydrogens (tertiary/aromatic N) is 1. The van der Waals surface area contributed by atoms with E-state index >= 15 is 0 Å². The van der Waals surface area contributed by atoms with Gasteiger partial charge in [-0.2, -0.15) is 0 Å². The molecule has 2 rings (SSSR count). The number of benzene rings is 2. The molecule has 0 unspecified atom stereocenters. The summed E-state index contributed by atoms with van der Waals surface area (Å²) in [5.74, 6) is 0.919. The molecule has 0 radical (unpaired) electrons. The van der Waals surface area contributed by atoms with Crippen molar-refractivity contribution in [3.8, 4) is 5.75 Å². The second-order valence-electron chi connectivity index (χ2n) is 4.89. The Balaban J connectivity index is 1.81. The number of anilines is 1. The van der Waals surface area contributed by atoms with Gasteiger partial charge in [0.15, 0.2) is 0 Å². The maximum Gasteiger partial charge on any atom is 0.123 e. The molecule has 1 N–H and O–H groups in total. The van der Waals surface area contributed by atoms with Crippen LogP contribution in [0.1, 0.15) is 5.56 Å². The summed E-state index contributed by atoms with van der Waals surface area (Å²) in [6, 6.07) is 16.5. The summed E-state index contributed by atoms with van der Waals surface area (Å²) < 4.78 is 6.45. The molecular weight excluding hydrogens is 328 g/mol. The van der Waals surface area contributed by atoms with Crippen LogP contribution in [0.4, 0.5) is 5.69 Å². The number of likely N-dealkylation sites (N-methyl/N-ethyl adjacent to an activating group) is 1. The zero-order chi connectivity index (χ0) is 15.1. The van der Waals surface area contributed by atoms with Crippen molar-refractivity contribution in [2.75, 3.05) is 32.1 Å². The van der Waals surface area contributed by atoms with Gasteiger partial charge in [-0.1, -0.05) is 34.1 Å². The molecule has 3 nitrogen and oxygen atoms in total. The largest absolute Gasteiger partial charge is 0.496 e. The molecule has 0 atom stereocenters. The van der Waals surface area contributed by atoms with Gasteiger partial charge in [-0.15, -0.1) is 0 Å². The van der Waals surface area contributed by atoms with Crippen molar-refractivity contribution in [2.24, 2.45) is 0 Å². The lowest BCUT2D eigenvalue weighted by Gasteiger charge is -2.19. The van der Waals surface area contributed by atoms with Gasteiger partial charge in [0.1, 0.15) is 5.75 Å². The van der Waals surface area contributed by atoms with Crippen LogP contribution in [0.15, 0.2) is 53.0 Å². The highest BCUT2D eigenvalue weighted by Gasteiger charge is 2.04. The standard InChI is InChI=1S/C17H21BrN2O/c1-20(16-6-4-3-5-7-16)11-10-19-13-14-12-15(18)8-9-17(14)21-2/h3-9,12,19H,10-11,13H2,1-2H3. The predicted octanol–water partition coefficient (Wildman–Crippen LogP) is 3.68. The molecule has 0 saturated carbocycles. The quantitative estimate of drug-likeness (QED) is 0.772. The van der Waals surface area contributed by atoms with Crippen LogP contribution >= 0.6 is 15.9 Å². The molecule has 0 fully saturated rings. The Labute approximate surface area is 135 Å². The Morgan fingerprint density at radius 3 is 2.62 bits per heavy atom.